The fourth-order valence-corrected chi connectivity index (χ4v) is 3.18. The van der Waals surface area contributed by atoms with Crippen LogP contribution < -0.4 is 0 Å². The zero-order valence-corrected chi connectivity index (χ0v) is 12.0. The Morgan fingerprint density at radius 3 is 2.18 bits per heavy atom. The summed E-state index contributed by atoms with van der Waals surface area (Å²) in [4.78, 5) is 7.85. The monoisotopic (exact) mass is 239 g/mol. The normalized spacial score (nSPS) is 31.2. The summed E-state index contributed by atoms with van der Waals surface area (Å²) in [5, 5.41) is 0. The van der Waals surface area contributed by atoms with Gasteiger partial charge in [-0.2, -0.15) is 0 Å². The minimum atomic E-state index is 0.724. The molecular formula is C14H29N3. The summed E-state index contributed by atoms with van der Waals surface area (Å²) in [6, 6.07) is 2.30. The molecule has 0 N–H and O–H groups in total. The Hall–Kier alpha value is -0.120. The van der Waals surface area contributed by atoms with E-state index in [4.69, 9.17) is 0 Å². The van der Waals surface area contributed by atoms with Crippen LogP contribution in [0.1, 0.15) is 33.6 Å². The largest absolute Gasteiger partial charge is 0.301 e. The van der Waals surface area contributed by atoms with E-state index < -0.39 is 0 Å². The lowest BCUT2D eigenvalue weighted by atomic mass is 10.00. The lowest BCUT2D eigenvalue weighted by Crippen LogP contribution is -2.56. The van der Waals surface area contributed by atoms with Crippen molar-refractivity contribution in [1.82, 2.24) is 14.7 Å². The predicted octanol–water partition coefficient (Wildman–Crippen LogP) is 1.50. The lowest BCUT2D eigenvalue weighted by Gasteiger charge is -2.45. The van der Waals surface area contributed by atoms with Crippen LogP contribution in [-0.4, -0.2) is 72.6 Å². The van der Waals surface area contributed by atoms with Crippen molar-refractivity contribution in [3.8, 4) is 0 Å². The lowest BCUT2D eigenvalue weighted by molar-refractivity contribution is 0.0365. The topological polar surface area (TPSA) is 9.72 Å². The Labute approximate surface area is 107 Å². The van der Waals surface area contributed by atoms with Gasteiger partial charge in [0.05, 0.1) is 0 Å². The smallest absolute Gasteiger partial charge is 0.0192 e. The van der Waals surface area contributed by atoms with Gasteiger partial charge in [-0.15, -0.1) is 0 Å². The molecule has 2 saturated heterocycles. The highest BCUT2D eigenvalue weighted by Crippen LogP contribution is 2.20. The van der Waals surface area contributed by atoms with Gasteiger partial charge in [-0.05, 0) is 53.8 Å². The maximum absolute atomic E-state index is 2.74. The van der Waals surface area contributed by atoms with Crippen molar-refractivity contribution in [2.24, 2.45) is 0 Å². The molecule has 1 atom stereocenters. The predicted molar refractivity (Wildman–Crippen MR) is 73.4 cm³/mol. The quantitative estimate of drug-likeness (QED) is 0.723. The molecule has 1 unspecified atom stereocenters. The molecule has 0 radical (unpaired) electrons. The van der Waals surface area contributed by atoms with Crippen LogP contribution in [0.25, 0.3) is 0 Å². The van der Waals surface area contributed by atoms with E-state index in [0.717, 1.165) is 18.1 Å². The van der Waals surface area contributed by atoms with Gasteiger partial charge in [-0.1, -0.05) is 0 Å². The summed E-state index contributed by atoms with van der Waals surface area (Å²) in [6.07, 6.45) is 2.74. The van der Waals surface area contributed by atoms with E-state index in [9.17, 15) is 0 Å². The number of nitrogens with zero attached hydrogens (tertiary/aromatic N) is 3. The van der Waals surface area contributed by atoms with E-state index in [1.54, 1.807) is 0 Å². The van der Waals surface area contributed by atoms with E-state index in [0.29, 0.717) is 0 Å². The minimum Gasteiger partial charge on any atom is -0.301 e. The third kappa shape index (κ3) is 3.21. The summed E-state index contributed by atoms with van der Waals surface area (Å²) in [6.45, 7) is 13.4. The van der Waals surface area contributed by atoms with Crippen LogP contribution in [0, 0.1) is 0 Å². The molecule has 0 amide bonds. The summed E-state index contributed by atoms with van der Waals surface area (Å²) < 4.78 is 0. The Bertz CT molecular complexity index is 234. The first-order valence-corrected chi connectivity index (χ1v) is 7.26. The molecule has 2 aliphatic heterocycles. The summed E-state index contributed by atoms with van der Waals surface area (Å²) >= 11 is 0. The molecule has 0 aromatic heterocycles. The fraction of sp³-hybridized carbons (Fsp3) is 1.00. The van der Waals surface area contributed by atoms with Crippen molar-refractivity contribution < 1.29 is 0 Å². The Kier molecular flexibility index (Phi) is 4.45. The van der Waals surface area contributed by atoms with E-state index in [2.05, 4.69) is 42.5 Å². The zero-order valence-electron chi connectivity index (χ0n) is 12.0. The van der Waals surface area contributed by atoms with Crippen LogP contribution in [-0.2, 0) is 0 Å². The second-order valence-electron chi connectivity index (χ2n) is 6.19. The van der Waals surface area contributed by atoms with Gasteiger partial charge >= 0.3 is 0 Å². The molecule has 0 spiro atoms. The summed E-state index contributed by atoms with van der Waals surface area (Å²) in [7, 11) is 2.25. The van der Waals surface area contributed by atoms with Crippen molar-refractivity contribution in [2.75, 3.05) is 39.8 Å². The Balaban J connectivity index is 1.81. The maximum atomic E-state index is 2.74. The molecular weight excluding hydrogens is 210 g/mol. The molecule has 0 aliphatic carbocycles. The second kappa shape index (κ2) is 5.68. The first-order chi connectivity index (χ1) is 8.08. The SMILES string of the molecule is CC1CN(C2CCN(C(C)C)CC2)CCN1C. The zero-order chi connectivity index (χ0) is 12.4. The molecule has 2 rings (SSSR count). The number of rotatable bonds is 2. The molecule has 0 aromatic rings. The van der Waals surface area contributed by atoms with Crippen LogP contribution >= 0.6 is 0 Å². The van der Waals surface area contributed by atoms with Crippen LogP contribution in [0.15, 0.2) is 0 Å². The number of likely N-dealkylation sites (tertiary alicyclic amines) is 1. The molecule has 3 nitrogen and oxygen atoms in total. The average Bonchev–Trinajstić information content (AvgIpc) is 2.33. The fourth-order valence-electron chi connectivity index (χ4n) is 3.18. The van der Waals surface area contributed by atoms with Crippen LogP contribution in [0.5, 0.6) is 0 Å². The molecule has 0 bridgehead atoms. The third-order valence-corrected chi connectivity index (χ3v) is 4.74. The van der Waals surface area contributed by atoms with E-state index in [-0.39, 0.29) is 0 Å². The van der Waals surface area contributed by atoms with Crippen LogP contribution in [0.3, 0.4) is 0 Å². The van der Waals surface area contributed by atoms with Crippen LogP contribution in [0.2, 0.25) is 0 Å². The van der Waals surface area contributed by atoms with Gasteiger partial charge in [0, 0.05) is 37.8 Å². The number of piperazine rings is 1. The van der Waals surface area contributed by atoms with Crippen molar-refractivity contribution >= 4 is 0 Å². The number of hydrogen-bond acceptors (Lipinski definition) is 3. The standard InChI is InChI=1S/C14H29N3/c1-12(2)16-7-5-14(6-8-16)17-10-9-15(4)13(3)11-17/h12-14H,5-11H2,1-4H3. The molecule has 17 heavy (non-hydrogen) atoms. The van der Waals surface area contributed by atoms with Gasteiger partial charge in [-0.25, -0.2) is 0 Å². The molecule has 2 fully saturated rings. The van der Waals surface area contributed by atoms with Crippen molar-refractivity contribution in [3.05, 3.63) is 0 Å². The molecule has 2 aliphatic rings. The van der Waals surface area contributed by atoms with E-state index in [1.165, 1.54) is 45.6 Å². The molecule has 0 aromatic carbocycles. The van der Waals surface area contributed by atoms with Gasteiger partial charge in [0.25, 0.3) is 0 Å². The minimum absolute atomic E-state index is 0.724. The Morgan fingerprint density at radius 1 is 1.00 bits per heavy atom. The first-order valence-electron chi connectivity index (χ1n) is 7.26. The van der Waals surface area contributed by atoms with E-state index >= 15 is 0 Å². The van der Waals surface area contributed by atoms with Gasteiger partial charge in [-0.3, -0.25) is 4.90 Å². The van der Waals surface area contributed by atoms with E-state index in [1.807, 2.05) is 0 Å². The average molecular weight is 239 g/mol. The van der Waals surface area contributed by atoms with Gasteiger partial charge in [0.1, 0.15) is 0 Å². The molecule has 2 heterocycles. The highest BCUT2D eigenvalue weighted by atomic mass is 15.3. The van der Waals surface area contributed by atoms with Crippen molar-refractivity contribution in [3.63, 3.8) is 0 Å². The summed E-state index contributed by atoms with van der Waals surface area (Å²) in [5.74, 6) is 0. The molecule has 3 heteroatoms. The second-order valence-corrected chi connectivity index (χ2v) is 6.19. The van der Waals surface area contributed by atoms with Gasteiger partial charge in [0.15, 0.2) is 0 Å². The molecule has 100 valence electrons. The maximum Gasteiger partial charge on any atom is 0.0192 e. The number of hydrogen-bond donors (Lipinski definition) is 0. The highest BCUT2D eigenvalue weighted by Gasteiger charge is 2.29. The Morgan fingerprint density at radius 2 is 1.65 bits per heavy atom. The number of likely N-dealkylation sites (N-methyl/N-ethyl adjacent to an activating group) is 1. The number of piperidine rings is 1. The molecule has 0 saturated carbocycles. The van der Waals surface area contributed by atoms with Gasteiger partial charge in [0.2, 0.25) is 0 Å². The van der Waals surface area contributed by atoms with Gasteiger partial charge < -0.3 is 9.80 Å². The van der Waals surface area contributed by atoms with Crippen molar-refractivity contribution in [2.45, 2.75) is 51.7 Å². The third-order valence-electron chi connectivity index (χ3n) is 4.74. The highest BCUT2D eigenvalue weighted by molar-refractivity contribution is 4.86. The van der Waals surface area contributed by atoms with Crippen LogP contribution in [0.4, 0.5) is 0 Å². The summed E-state index contributed by atoms with van der Waals surface area (Å²) in [5.41, 5.74) is 0. The van der Waals surface area contributed by atoms with Crippen molar-refractivity contribution in [1.29, 1.82) is 0 Å². The first kappa shape index (κ1) is 13.3.